The van der Waals surface area contributed by atoms with Crippen molar-refractivity contribution in [2.75, 3.05) is 57.3 Å². The zero-order valence-corrected chi connectivity index (χ0v) is 28.3. The molecule has 1 aromatic carbocycles. The number of rotatable bonds is 12. The molecular weight excluding hydrogens is 616 g/mol. The molecule has 0 N–H and O–H groups in total. The van der Waals surface area contributed by atoms with E-state index in [1.807, 2.05) is 33.0 Å². The summed E-state index contributed by atoms with van der Waals surface area (Å²) in [4.78, 5) is 35.3. The molecule has 3 aliphatic rings. The number of likely N-dealkylation sites (tertiary alicyclic amines) is 1. The van der Waals surface area contributed by atoms with Crippen molar-refractivity contribution >= 4 is 11.7 Å². The molecule has 3 aromatic rings. The normalized spacial score (nSPS) is 19.0. The molecule has 1 amide bonds. The number of hydrogen-bond donors (Lipinski definition) is 0. The average molecular weight is 664 g/mol. The Hall–Kier alpha value is -3.90. The number of piperidine rings is 1. The SMILES string of the molecule is CCN(C(=O)c1cc(F)ccc1Oc1cncnc1N1CCC(Oc2ccnc3c2CN(CCCN2CC[C@@H](F)C2)CC3)CC1)C(C)C. The minimum absolute atomic E-state index is 0.0375. The molecule has 258 valence electrons. The second-order valence-electron chi connectivity index (χ2n) is 13.2. The van der Waals surface area contributed by atoms with Gasteiger partial charge in [-0.1, -0.05) is 0 Å². The Morgan fingerprint density at radius 3 is 2.58 bits per heavy atom. The number of carbonyl (C=O) groups excluding carboxylic acids is 1. The summed E-state index contributed by atoms with van der Waals surface area (Å²) in [6.45, 7) is 12.8. The molecule has 2 aromatic heterocycles. The van der Waals surface area contributed by atoms with E-state index < -0.39 is 12.0 Å². The molecule has 0 saturated carbocycles. The van der Waals surface area contributed by atoms with Gasteiger partial charge in [0.15, 0.2) is 11.6 Å². The Morgan fingerprint density at radius 1 is 1.02 bits per heavy atom. The Morgan fingerprint density at radius 2 is 1.83 bits per heavy atom. The standard InChI is InChI=1S/C36H47F2N7O3/c1-4-45(25(2)3)36(46)29-20-26(37)6-7-32(29)48-34-21-39-24-41-35(34)44-18-10-28(11-19-44)47-33-8-13-40-31-12-17-43(23-30(31)33)15-5-14-42-16-9-27(38)22-42/h6-8,13,20-21,24-25,27-28H,4-5,9-12,14-19,22-23H2,1-3H3/t27-/m1/s1. The van der Waals surface area contributed by atoms with Crippen molar-refractivity contribution in [2.45, 2.75) is 77.7 Å². The van der Waals surface area contributed by atoms with E-state index in [0.29, 0.717) is 44.2 Å². The van der Waals surface area contributed by atoms with Gasteiger partial charge in [-0.25, -0.2) is 18.7 Å². The number of pyridine rings is 1. The molecule has 10 nitrogen and oxygen atoms in total. The Kier molecular flexibility index (Phi) is 11.0. The fourth-order valence-electron chi connectivity index (χ4n) is 7.03. The number of aromatic nitrogens is 3. The number of halogens is 2. The van der Waals surface area contributed by atoms with Crippen LogP contribution >= 0.6 is 0 Å². The molecule has 2 saturated heterocycles. The number of carbonyl (C=O) groups is 1. The van der Waals surface area contributed by atoms with E-state index in [2.05, 4.69) is 29.7 Å². The fraction of sp³-hybridized carbons (Fsp3) is 0.556. The van der Waals surface area contributed by atoms with Crippen molar-refractivity contribution < 1.29 is 23.0 Å². The van der Waals surface area contributed by atoms with Gasteiger partial charge in [0.1, 0.15) is 35.9 Å². The first-order chi connectivity index (χ1) is 23.3. The predicted octanol–water partition coefficient (Wildman–Crippen LogP) is 5.51. The second kappa shape index (κ2) is 15.5. The number of alkyl halides is 1. The van der Waals surface area contributed by atoms with E-state index in [4.69, 9.17) is 9.47 Å². The van der Waals surface area contributed by atoms with Crippen LogP contribution in [0.2, 0.25) is 0 Å². The van der Waals surface area contributed by atoms with Gasteiger partial charge in [-0.2, -0.15) is 0 Å². The van der Waals surface area contributed by atoms with Crippen LogP contribution in [0, 0.1) is 5.82 Å². The summed E-state index contributed by atoms with van der Waals surface area (Å²) in [7, 11) is 0. The summed E-state index contributed by atoms with van der Waals surface area (Å²) in [5, 5.41) is 0. The van der Waals surface area contributed by atoms with E-state index in [1.165, 1.54) is 30.1 Å². The van der Waals surface area contributed by atoms with Gasteiger partial charge in [-0.3, -0.25) is 14.7 Å². The molecule has 12 heteroatoms. The van der Waals surface area contributed by atoms with Crippen molar-refractivity contribution in [3.8, 4) is 17.2 Å². The maximum atomic E-state index is 14.3. The third-order valence-corrected chi connectivity index (χ3v) is 9.62. The molecule has 6 rings (SSSR count). The average Bonchev–Trinajstić information content (AvgIpc) is 3.51. The second-order valence-corrected chi connectivity index (χ2v) is 13.2. The maximum absolute atomic E-state index is 14.3. The molecular formula is C36H47F2N7O3. The molecule has 3 aliphatic heterocycles. The van der Waals surface area contributed by atoms with Crippen LogP contribution < -0.4 is 14.4 Å². The number of hydrogen-bond acceptors (Lipinski definition) is 9. The summed E-state index contributed by atoms with van der Waals surface area (Å²) in [5.41, 5.74) is 2.44. The highest BCUT2D eigenvalue weighted by molar-refractivity contribution is 5.97. The van der Waals surface area contributed by atoms with Gasteiger partial charge in [-0.15, -0.1) is 0 Å². The van der Waals surface area contributed by atoms with Crippen LogP contribution in [0.15, 0.2) is 43.0 Å². The van der Waals surface area contributed by atoms with Crippen LogP contribution in [0.25, 0.3) is 0 Å². The molecule has 1 atom stereocenters. The summed E-state index contributed by atoms with van der Waals surface area (Å²) < 4.78 is 40.8. The van der Waals surface area contributed by atoms with Gasteiger partial charge in [0.25, 0.3) is 5.91 Å². The van der Waals surface area contributed by atoms with Crippen molar-refractivity contribution in [1.29, 1.82) is 0 Å². The van der Waals surface area contributed by atoms with Gasteiger partial charge in [0.2, 0.25) is 0 Å². The first-order valence-electron chi connectivity index (χ1n) is 17.3. The first-order valence-corrected chi connectivity index (χ1v) is 17.3. The Bertz CT molecular complexity index is 1550. The van der Waals surface area contributed by atoms with Crippen LogP contribution in [-0.2, 0) is 13.0 Å². The largest absolute Gasteiger partial charge is 0.490 e. The van der Waals surface area contributed by atoms with Gasteiger partial charge in [0.05, 0.1) is 11.8 Å². The summed E-state index contributed by atoms with van der Waals surface area (Å²) >= 11 is 0. The van der Waals surface area contributed by atoms with Crippen LogP contribution in [-0.4, -0.2) is 106 Å². The third kappa shape index (κ3) is 8.03. The number of fused-ring (bicyclic) bond motifs is 1. The number of benzene rings is 1. The van der Waals surface area contributed by atoms with Crippen molar-refractivity contribution in [2.24, 2.45) is 0 Å². The van der Waals surface area contributed by atoms with Crippen LogP contribution in [0.5, 0.6) is 17.2 Å². The van der Waals surface area contributed by atoms with E-state index >= 15 is 0 Å². The predicted molar refractivity (Wildman–Crippen MR) is 180 cm³/mol. The smallest absolute Gasteiger partial charge is 0.257 e. The first kappa shape index (κ1) is 34.0. The quantitative estimate of drug-likeness (QED) is 0.249. The molecule has 0 radical (unpaired) electrons. The highest BCUT2D eigenvalue weighted by atomic mass is 19.1. The number of nitrogens with zero attached hydrogens (tertiary/aromatic N) is 7. The highest BCUT2D eigenvalue weighted by Crippen LogP contribution is 2.35. The molecule has 0 aliphatic carbocycles. The number of amides is 1. The third-order valence-electron chi connectivity index (χ3n) is 9.62. The van der Waals surface area contributed by atoms with Crippen molar-refractivity contribution in [3.63, 3.8) is 0 Å². The fourth-order valence-corrected chi connectivity index (χ4v) is 7.03. The lowest BCUT2D eigenvalue weighted by Crippen LogP contribution is -2.39. The maximum Gasteiger partial charge on any atom is 0.257 e. The van der Waals surface area contributed by atoms with E-state index in [1.54, 1.807) is 11.1 Å². The molecule has 5 heterocycles. The zero-order chi connectivity index (χ0) is 33.6. The lowest BCUT2D eigenvalue weighted by molar-refractivity contribution is 0.0713. The highest BCUT2D eigenvalue weighted by Gasteiger charge is 2.28. The molecule has 2 fully saturated rings. The van der Waals surface area contributed by atoms with Gasteiger partial charge in [-0.05, 0) is 71.0 Å². The topological polar surface area (TPSA) is 87.2 Å². The molecule has 0 bridgehead atoms. The van der Waals surface area contributed by atoms with Gasteiger partial charge < -0.3 is 24.2 Å². The van der Waals surface area contributed by atoms with Crippen molar-refractivity contribution in [3.05, 3.63) is 65.6 Å². The van der Waals surface area contributed by atoms with Crippen LogP contribution in [0.3, 0.4) is 0 Å². The molecule has 0 unspecified atom stereocenters. The summed E-state index contributed by atoms with van der Waals surface area (Å²) in [6, 6.07) is 5.93. The zero-order valence-electron chi connectivity index (χ0n) is 28.3. The molecule has 0 spiro atoms. The lowest BCUT2D eigenvalue weighted by atomic mass is 10.0. The van der Waals surface area contributed by atoms with E-state index in [9.17, 15) is 13.6 Å². The molecule has 48 heavy (non-hydrogen) atoms. The minimum atomic E-state index is -0.672. The van der Waals surface area contributed by atoms with E-state index in [0.717, 1.165) is 69.9 Å². The number of anilines is 1. The Labute approximate surface area is 282 Å². The van der Waals surface area contributed by atoms with Crippen LogP contribution in [0.4, 0.5) is 14.6 Å². The van der Waals surface area contributed by atoms with Gasteiger partial charge >= 0.3 is 0 Å². The number of ether oxygens (including phenoxy) is 2. The Balaban J connectivity index is 1.08. The minimum Gasteiger partial charge on any atom is -0.490 e. The summed E-state index contributed by atoms with van der Waals surface area (Å²) in [5.74, 6) is 1.40. The van der Waals surface area contributed by atoms with Crippen molar-refractivity contribution in [1.82, 2.24) is 29.7 Å². The van der Waals surface area contributed by atoms with Gasteiger partial charge in [0, 0.05) is 88.6 Å². The lowest BCUT2D eigenvalue weighted by Gasteiger charge is -2.35. The van der Waals surface area contributed by atoms with E-state index in [-0.39, 0.29) is 29.4 Å². The van der Waals surface area contributed by atoms with Crippen LogP contribution in [0.1, 0.15) is 68.1 Å². The summed E-state index contributed by atoms with van der Waals surface area (Å²) in [6.07, 6.45) is 8.44. The monoisotopic (exact) mass is 663 g/mol.